The highest BCUT2D eigenvalue weighted by Gasteiger charge is 2.16. The third kappa shape index (κ3) is 2.06. The molecule has 7 nitrogen and oxygen atoms in total. The zero-order valence-corrected chi connectivity index (χ0v) is 10.5. The van der Waals surface area contributed by atoms with Gasteiger partial charge in [-0.1, -0.05) is 5.16 Å². The van der Waals surface area contributed by atoms with Crippen molar-refractivity contribution in [1.29, 1.82) is 0 Å². The number of furan rings is 1. The maximum absolute atomic E-state index is 10.7. The minimum Gasteiger partial charge on any atom is -0.475 e. The van der Waals surface area contributed by atoms with Gasteiger partial charge in [0.2, 0.25) is 5.76 Å². The van der Waals surface area contributed by atoms with Crippen LogP contribution < -0.4 is 0 Å². The van der Waals surface area contributed by atoms with Crippen LogP contribution in [0.1, 0.15) is 16.2 Å². The van der Waals surface area contributed by atoms with Crippen molar-refractivity contribution >= 4 is 28.8 Å². The van der Waals surface area contributed by atoms with Crippen LogP contribution in [0.5, 0.6) is 0 Å². The molecule has 3 aromatic heterocycles. The second-order valence-corrected chi connectivity index (χ2v) is 4.65. The van der Waals surface area contributed by atoms with Crippen molar-refractivity contribution in [2.24, 2.45) is 0 Å². The minimum absolute atomic E-state index is 0.116. The summed E-state index contributed by atoms with van der Waals surface area (Å²) in [5.74, 6) is -1.23. The second-order valence-electron chi connectivity index (χ2n) is 3.65. The number of aromatic carboxylic acids is 1. The van der Waals surface area contributed by atoms with Crippen LogP contribution in [0.3, 0.4) is 0 Å². The number of carboxylic acid groups (broad SMARTS) is 1. The zero-order valence-electron chi connectivity index (χ0n) is 9.65. The minimum atomic E-state index is -1.11. The molecule has 0 atom stereocenters. The Balaban J connectivity index is 2.00. The molecule has 0 aromatic carbocycles. The van der Waals surface area contributed by atoms with Gasteiger partial charge in [-0.15, -0.1) is 0 Å². The third-order valence-electron chi connectivity index (χ3n) is 2.40. The number of nitrogens with zero attached hydrogens (tertiary/aromatic N) is 3. The van der Waals surface area contributed by atoms with Gasteiger partial charge in [0.1, 0.15) is 11.4 Å². The van der Waals surface area contributed by atoms with Gasteiger partial charge in [-0.25, -0.2) is 9.78 Å². The van der Waals surface area contributed by atoms with E-state index in [1.165, 1.54) is 24.2 Å². The molecule has 0 aliphatic heterocycles. The molecule has 0 saturated carbocycles. The van der Waals surface area contributed by atoms with Crippen molar-refractivity contribution in [3.05, 3.63) is 29.9 Å². The van der Waals surface area contributed by atoms with E-state index in [-0.39, 0.29) is 5.76 Å². The predicted molar refractivity (Wildman–Crippen MR) is 64.1 cm³/mol. The molecule has 0 radical (unpaired) electrons. The standard InChI is InChI=1S/C11H7N3O4S/c1-5-8-9(18-14-5)12-4-13-10(8)19-7-3-2-6(17-7)11(15)16/h2-4H,1H3,(H,15,16). The highest BCUT2D eigenvalue weighted by molar-refractivity contribution is 7.99. The largest absolute Gasteiger partial charge is 0.475 e. The Hall–Kier alpha value is -2.35. The smallest absolute Gasteiger partial charge is 0.371 e. The maximum Gasteiger partial charge on any atom is 0.371 e. The van der Waals surface area contributed by atoms with Gasteiger partial charge in [0.05, 0.1) is 11.1 Å². The third-order valence-corrected chi connectivity index (χ3v) is 3.32. The molecular formula is C11H7N3O4S. The summed E-state index contributed by atoms with van der Waals surface area (Å²) in [7, 11) is 0. The number of aryl methyl sites for hydroxylation is 1. The van der Waals surface area contributed by atoms with E-state index in [0.29, 0.717) is 26.9 Å². The van der Waals surface area contributed by atoms with Crippen LogP contribution in [-0.2, 0) is 0 Å². The van der Waals surface area contributed by atoms with E-state index in [9.17, 15) is 4.79 Å². The fourth-order valence-corrected chi connectivity index (χ4v) is 2.45. The van der Waals surface area contributed by atoms with Gasteiger partial charge in [-0.05, 0) is 30.8 Å². The Kier molecular flexibility index (Phi) is 2.71. The van der Waals surface area contributed by atoms with Gasteiger partial charge in [-0.3, -0.25) is 0 Å². The number of carboxylic acids is 1. The SMILES string of the molecule is Cc1noc2ncnc(Sc3ccc(C(=O)O)o3)c12. The fraction of sp³-hybridized carbons (Fsp3) is 0.0909. The first kappa shape index (κ1) is 11.7. The molecule has 0 unspecified atom stereocenters. The van der Waals surface area contributed by atoms with Gasteiger partial charge in [0.25, 0.3) is 5.71 Å². The molecule has 19 heavy (non-hydrogen) atoms. The van der Waals surface area contributed by atoms with E-state index in [2.05, 4.69) is 15.1 Å². The second kappa shape index (κ2) is 4.39. The first-order chi connectivity index (χ1) is 9.15. The first-order valence-corrected chi connectivity index (χ1v) is 6.05. The number of hydrogen-bond acceptors (Lipinski definition) is 7. The molecule has 3 rings (SSSR count). The van der Waals surface area contributed by atoms with Crippen molar-refractivity contribution in [2.45, 2.75) is 17.0 Å². The lowest BCUT2D eigenvalue weighted by atomic mass is 10.3. The van der Waals surface area contributed by atoms with E-state index < -0.39 is 5.97 Å². The molecule has 0 fully saturated rings. The molecule has 0 spiro atoms. The summed E-state index contributed by atoms with van der Waals surface area (Å²) < 4.78 is 10.2. The Labute approximate surface area is 110 Å². The van der Waals surface area contributed by atoms with Gasteiger partial charge < -0.3 is 14.0 Å². The summed E-state index contributed by atoms with van der Waals surface area (Å²) in [6.45, 7) is 1.78. The first-order valence-electron chi connectivity index (χ1n) is 5.23. The zero-order chi connectivity index (χ0) is 13.4. The molecule has 3 heterocycles. The molecule has 3 aromatic rings. The van der Waals surface area contributed by atoms with Gasteiger partial charge in [0.15, 0.2) is 5.09 Å². The summed E-state index contributed by atoms with van der Waals surface area (Å²) in [4.78, 5) is 18.8. The molecule has 0 aliphatic carbocycles. The molecule has 96 valence electrons. The highest BCUT2D eigenvalue weighted by atomic mass is 32.2. The molecule has 0 saturated heterocycles. The number of hydrogen-bond donors (Lipinski definition) is 1. The molecular weight excluding hydrogens is 270 g/mol. The van der Waals surface area contributed by atoms with Crippen LogP contribution >= 0.6 is 11.8 Å². The number of aromatic nitrogens is 3. The number of rotatable bonds is 3. The van der Waals surface area contributed by atoms with E-state index in [1.54, 1.807) is 13.0 Å². The maximum atomic E-state index is 10.7. The normalized spacial score (nSPS) is 11.0. The summed E-state index contributed by atoms with van der Waals surface area (Å²) in [5.41, 5.74) is 1.06. The van der Waals surface area contributed by atoms with Crippen molar-refractivity contribution in [3.8, 4) is 0 Å². The fourth-order valence-electron chi connectivity index (χ4n) is 1.55. The van der Waals surface area contributed by atoms with Crippen molar-refractivity contribution in [2.75, 3.05) is 0 Å². The summed E-state index contributed by atoms with van der Waals surface area (Å²) in [5, 5.41) is 14.3. The molecule has 0 bridgehead atoms. The van der Waals surface area contributed by atoms with Gasteiger partial charge in [-0.2, -0.15) is 4.98 Å². The quantitative estimate of drug-likeness (QED) is 0.728. The van der Waals surface area contributed by atoms with Gasteiger partial charge >= 0.3 is 5.97 Å². The molecule has 1 N–H and O–H groups in total. The van der Waals surface area contributed by atoms with Crippen LogP contribution in [0.15, 0.2) is 37.5 Å². The lowest BCUT2D eigenvalue weighted by molar-refractivity contribution is 0.0656. The average molecular weight is 277 g/mol. The van der Waals surface area contributed by atoms with Crippen LogP contribution in [0.2, 0.25) is 0 Å². The molecule has 0 amide bonds. The highest BCUT2D eigenvalue weighted by Crippen LogP contribution is 2.33. The predicted octanol–water partition coefficient (Wildman–Crippen LogP) is 2.37. The monoisotopic (exact) mass is 277 g/mol. The van der Waals surface area contributed by atoms with E-state index >= 15 is 0 Å². The lowest BCUT2D eigenvalue weighted by Crippen LogP contribution is -1.91. The topological polar surface area (TPSA) is 102 Å². The Bertz CT molecular complexity index is 764. The van der Waals surface area contributed by atoms with Crippen molar-refractivity contribution in [3.63, 3.8) is 0 Å². The van der Waals surface area contributed by atoms with Crippen LogP contribution in [0, 0.1) is 6.92 Å². The van der Waals surface area contributed by atoms with Crippen molar-refractivity contribution < 1.29 is 18.8 Å². The summed E-state index contributed by atoms with van der Waals surface area (Å²) >= 11 is 1.19. The Morgan fingerprint density at radius 1 is 1.37 bits per heavy atom. The van der Waals surface area contributed by atoms with E-state index in [0.717, 1.165) is 0 Å². The lowest BCUT2D eigenvalue weighted by Gasteiger charge is -1.97. The summed E-state index contributed by atoms with van der Waals surface area (Å²) in [6.07, 6.45) is 1.36. The Morgan fingerprint density at radius 3 is 2.95 bits per heavy atom. The van der Waals surface area contributed by atoms with Crippen LogP contribution in [-0.4, -0.2) is 26.2 Å². The van der Waals surface area contributed by atoms with Crippen LogP contribution in [0.25, 0.3) is 11.1 Å². The van der Waals surface area contributed by atoms with Crippen molar-refractivity contribution in [1.82, 2.24) is 15.1 Å². The van der Waals surface area contributed by atoms with Crippen LogP contribution in [0.4, 0.5) is 0 Å². The molecule has 0 aliphatic rings. The number of fused-ring (bicyclic) bond motifs is 1. The summed E-state index contributed by atoms with van der Waals surface area (Å²) in [6, 6.07) is 2.97. The van der Waals surface area contributed by atoms with Gasteiger partial charge in [0, 0.05) is 0 Å². The number of carbonyl (C=O) groups is 1. The van der Waals surface area contributed by atoms with E-state index in [4.69, 9.17) is 14.0 Å². The average Bonchev–Trinajstić information content (AvgIpc) is 2.98. The Morgan fingerprint density at radius 2 is 2.21 bits per heavy atom. The van der Waals surface area contributed by atoms with E-state index in [1.807, 2.05) is 0 Å². The molecule has 8 heteroatoms.